The molecule has 0 amide bonds. The summed E-state index contributed by atoms with van der Waals surface area (Å²) in [6.45, 7) is 27.2. The third-order valence-corrected chi connectivity index (χ3v) is 20.3. The molecule has 12 aromatic rings. The summed E-state index contributed by atoms with van der Waals surface area (Å²) in [7, 11) is 0. The van der Waals surface area contributed by atoms with Crippen LogP contribution in [0.3, 0.4) is 0 Å². The molecule has 0 aromatic heterocycles. The van der Waals surface area contributed by atoms with Crippen LogP contribution in [0, 0.1) is 55.4 Å². The first-order valence-electron chi connectivity index (χ1n) is 33.1. The van der Waals surface area contributed by atoms with Gasteiger partial charge in [0, 0.05) is 45.0 Å². The van der Waals surface area contributed by atoms with E-state index in [4.69, 9.17) is 0 Å². The Morgan fingerprint density at radius 1 is 0.226 bits per heavy atom. The minimum atomic E-state index is -0.566. The molecular formula is C91H80N2. The van der Waals surface area contributed by atoms with Gasteiger partial charge >= 0.3 is 0 Å². The van der Waals surface area contributed by atoms with Gasteiger partial charge in [-0.25, -0.2) is 0 Å². The average molecular weight is 1200 g/mol. The lowest BCUT2D eigenvalue weighted by molar-refractivity contribution is 0.660. The van der Waals surface area contributed by atoms with E-state index in [1.165, 1.54) is 179 Å². The number of aryl methyl sites for hydroxylation is 8. The summed E-state index contributed by atoms with van der Waals surface area (Å²) in [6.07, 6.45) is 9.27. The lowest BCUT2D eigenvalue weighted by atomic mass is 9.67. The highest BCUT2D eigenvalue weighted by Crippen LogP contribution is 2.58. The molecule has 2 heteroatoms. The van der Waals surface area contributed by atoms with Gasteiger partial charge in [0.05, 0.1) is 5.41 Å². The second-order valence-corrected chi connectivity index (χ2v) is 28.1. The van der Waals surface area contributed by atoms with Crippen LogP contribution < -0.4 is 9.80 Å². The first-order valence-corrected chi connectivity index (χ1v) is 33.1. The van der Waals surface area contributed by atoms with Crippen LogP contribution in [0.25, 0.3) is 57.7 Å². The van der Waals surface area contributed by atoms with Crippen LogP contribution in [0.1, 0.15) is 139 Å². The molecule has 15 rings (SSSR count). The van der Waals surface area contributed by atoms with Crippen molar-refractivity contribution < 1.29 is 0 Å². The van der Waals surface area contributed by atoms with Gasteiger partial charge in [-0.15, -0.1) is 0 Å². The number of hydrogen-bond acceptors (Lipinski definition) is 2. The molecule has 0 aliphatic heterocycles. The number of rotatable bonds is 12. The van der Waals surface area contributed by atoms with Crippen molar-refractivity contribution >= 4 is 58.4 Å². The van der Waals surface area contributed by atoms with Crippen molar-refractivity contribution in [1.29, 1.82) is 0 Å². The molecule has 3 aliphatic rings. The quantitative estimate of drug-likeness (QED) is 0.113. The van der Waals surface area contributed by atoms with Gasteiger partial charge in [-0.3, -0.25) is 0 Å². The second kappa shape index (κ2) is 22.5. The molecule has 12 aromatic carbocycles. The molecule has 0 fully saturated rings. The van der Waals surface area contributed by atoms with Gasteiger partial charge in [-0.05, 0) is 285 Å². The normalized spacial score (nSPS) is 14.2. The zero-order valence-electron chi connectivity index (χ0n) is 55.8. The van der Waals surface area contributed by atoms with Gasteiger partial charge in [-0.2, -0.15) is 0 Å². The van der Waals surface area contributed by atoms with Crippen molar-refractivity contribution in [3.63, 3.8) is 0 Å². The second-order valence-electron chi connectivity index (χ2n) is 28.1. The van der Waals surface area contributed by atoms with Crippen molar-refractivity contribution in [3.05, 3.63) is 354 Å². The van der Waals surface area contributed by atoms with Crippen molar-refractivity contribution in [2.24, 2.45) is 0 Å². The first-order chi connectivity index (χ1) is 44.8. The highest BCUT2D eigenvalue weighted by Gasteiger charge is 2.46. The van der Waals surface area contributed by atoms with Crippen LogP contribution in [-0.4, -0.2) is 0 Å². The number of fused-ring (bicyclic) bond motifs is 9. The minimum Gasteiger partial charge on any atom is -0.310 e. The topological polar surface area (TPSA) is 6.48 Å². The maximum Gasteiger partial charge on any atom is 0.0713 e. The van der Waals surface area contributed by atoms with E-state index in [0.717, 1.165) is 0 Å². The minimum absolute atomic E-state index is 0.220. The van der Waals surface area contributed by atoms with Gasteiger partial charge in [0.2, 0.25) is 0 Å². The Balaban J connectivity index is 0.749. The van der Waals surface area contributed by atoms with Crippen molar-refractivity contribution in [3.8, 4) is 33.4 Å². The molecule has 3 aliphatic carbocycles. The van der Waals surface area contributed by atoms with E-state index in [1.54, 1.807) is 0 Å². The Morgan fingerprint density at radius 3 is 0.742 bits per heavy atom. The molecule has 0 spiro atoms. The van der Waals surface area contributed by atoms with E-state index in [0.29, 0.717) is 0 Å². The van der Waals surface area contributed by atoms with Crippen molar-refractivity contribution in [2.75, 3.05) is 9.80 Å². The smallest absolute Gasteiger partial charge is 0.0713 e. The fraction of sp³-hybridized carbons (Fsp3) is 0.165. The van der Waals surface area contributed by atoms with Crippen LogP contribution in [-0.2, 0) is 16.2 Å². The standard InChI is InChI=1S/C91H80N2/c1-57-39-58(2)44-73(43-57)92(74-45-59(3)40-60(4)46-74)71-31-37-79-77-33-27-65(51-83(77)89(9,10)85(79)55-71)23-25-67-29-35-81-82-36-30-68(54-88(82)91(87(81)53-67,69-19-15-13-16-20-69)70-21-17-14-18-22-70)26-24-66-28-34-78-80-38-32-72(56-86(80)90(11,12)84(78)52-66)93(75-47-61(5)41-62(6)48-75)76-49-63(7)42-64(8)50-76/h13-56H,1-12H3/b25-23+,26-24+. The average Bonchev–Trinajstić information content (AvgIpc) is 1.56. The highest BCUT2D eigenvalue weighted by atomic mass is 15.1. The number of anilines is 6. The molecule has 0 N–H and O–H groups in total. The maximum atomic E-state index is 2.46. The third kappa shape index (κ3) is 10.2. The molecule has 454 valence electrons. The van der Waals surface area contributed by atoms with E-state index in [1.807, 2.05) is 0 Å². The van der Waals surface area contributed by atoms with E-state index in [-0.39, 0.29) is 10.8 Å². The molecule has 2 nitrogen and oxygen atoms in total. The summed E-state index contributed by atoms with van der Waals surface area (Å²) in [5.74, 6) is 0. The number of benzene rings is 12. The van der Waals surface area contributed by atoms with E-state index in [2.05, 4.69) is 360 Å². The summed E-state index contributed by atoms with van der Waals surface area (Å²) in [5.41, 5.74) is 39.1. The fourth-order valence-electron chi connectivity index (χ4n) is 16.3. The summed E-state index contributed by atoms with van der Waals surface area (Å²) in [4.78, 5) is 4.89. The molecule has 0 saturated heterocycles. The lowest BCUT2D eigenvalue weighted by Gasteiger charge is -2.34. The van der Waals surface area contributed by atoms with E-state index in [9.17, 15) is 0 Å². The Kier molecular flexibility index (Phi) is 14.3. The van der Waals surface area contributed by atoms with Gasteiger partial charge in [0.1, 0.15) is 0 Å². The molecule has 0 radical (unpaired) electrons. The zero-order valence-corrected chi connectivity index (χ0v) is 55.8. The van der Waals surface area contributed by atoms with Gasteiger partial charge < -0.3 is 9.80 Å². The molecule has 0 saturated carbocycles. The van der Waals surface area contributed by atoms with Gasteiger partial charge in [0.15, 0.2) is 0 Å². The number of hydrogen-bond donors (Lipinski definition) is 0. The molecule has 0 unspecified atom stereocenters. The SMILES string of the molecule is Cc1cc(C)cc(N(c2cc(C)cc(C)c2)c2ccc3c(c2)C(C)(C)c2cc(/C=C/c4ccc5c(c4)C(c4ccccc4)(c4ccccc4)c4cc(/C=C/c6ccc7c(c6)C(C)(C)c6cc(N(c8cc(C)cc(C)c8)c8cc(C)cc(C)c8)ccc6-7)ccc4-5)ccc2-3)c1. The first kappa shape index (κ1) is 59.1. The van der Waals surface area contributed by atoms with Gasteiger partial charge in [0.25, 0.3) is 0 Å². The maximum absolute atomic E-state index is 2.46. The third-order valence-electron chi connectivity index (χ3n) is 20.3. The molecule has 0 bridgehead atoms. The number of nitrogens with zero attached hydrogens (tertiary/aromatic N) is 2. The van der Waals surface area contributed by atoms with Crippen LogP contribution in [0.5, 0.6) is 0 Å². The molecule has 0 atom stereocenters. The predicted octanol–water partition coefficient (Wildman–Crippen LogP) is 24.4. The predicted molar refractivity (Wildman–Crippen MR) is 397 cm³/mol. The van der Waals surface area contributed by atoms with Crippen LogP contribution in [0.4, 0.5) is 34.1 Å². The Morgan fingerprint density at radius 2 is 0.462 bits per heavy atom. The van der Waals surface area contributed by atoms with Gasteiger partial charge in [-0.1, -0.05) is 210 Å². The lowest BCUT2D eigenvalue weighted by Crippen LogP contribution is -2.28. The Labute approximate surface area is 551 Å². The molecule has 0 heterocycles. The zero-order chi connectivity index (χ0) is 64.2. The molecule has 93 heavy (non-hydrogen) atoms. The monoisotopic (exact) mass is 1200 g/mol. The van der Waals surface area contributed by atoms with Crippen molar-refractivity contribution in [2.45, 2.75) is 99.3 Å². The summed E-state index contributed by atoms with van der Waals surface area (Å²) >= 11 is 0. The summed E-state index contributed by atoms with van der Waals surface area (Å²) < 4.78 is 0. The largest absolute Gasteiger partial charge is 0.310 e. The van der Waals surface area contributed by atoms with Crippen LogP contribution in [0.15, 0.2) is 243 Å². The van der Waals surface area contributed by atoms with E-state index >= 15 is 0 Å². The van der Waals surface area contributed by atoms with E-state index < -0.39 is 5.41 Å². The fourth-order valence-corrected chi connectivity index (χ4v) is 16.3. The van der Waals surface area contributed by atoms with Crippen LogP contribution >= 0.6 is 0 Å². The van der Waals surface area contributed by atoms with Crippen molar-refractivity contribution in [1.82, 2.24) is 0 Å². The molecular weight excluding hydrogens is 1120 g/mol. The Bertz CT molecular complexity index is 4560. The van der Waals surface area contributed by atoms with Crippen LogP contribution in [0.2, 0.25) is 0 Å². The Hall–Kier alpha value is -10.3. The highest BCUT2D eigenvalue weighted by molar-refractivity contribution is 5.92. The summed E-state index contributed by atoms with van der Waals surface area (Å²) in [6, 6.07) is 92.6. The summed E-state index contributed by atoms with van der Waals surface area (Å²) in [5, 5.41) is 0.